The van der Waals surface area contributed by atoms with Gasteiger partial charge in [0.05, 0.1) is 0 Å². The predicted molar refractivity (Wildman–Crippen MR) is 82.9 cm³/mol. The third-order valence-electron chi connectivity index (χ3n) is 6.12. The summed E-state index contributed by atoms with van der Waals surface area (Å²) in [7, 11) is 0. The molecule has 0 aliphatic heterocycles. The summed E-state index contributed by atoms with van der Waals surface area (Å²) >= 11 is 1.79. The first-order valence-electron chi connectivity index (χ1n) is 8.13. The molecule has 2 atom stereocenters. The third kappa shape index (κ3) is 2.07. The average molecular weight is 288 g/mol. The van der Waals surface area contributed by atoms with E-state index in [-0.39, 0.29) is 5.41 Å². The Hall–Kier alpha value is -0.630. The number of hydrogen-bond acceptors (Lipinski definition) is 2. The van der Waals surface area contributed by atoms with Gasteiger partial charge in [-0.15, -0.1) is 11.3 Å². The molecule has 0 spiro atoms. The molecule has 1 nitrogen and oxygen atoms in total. The molecular weight excluding hydrogens is 264 g/mol. The molecule has 2 unspecified atom stereocenters. The summed E-state index contributed by atoms with van der Waals surface area (Å²) in [6.45, 7) is 2.45. The van der Waals surface area contributed by atoms with Crippen molar-refractivity contribution in [3.05, 3.63) is 22.4 Å². The van der Waals surface area contributed by atoms with Crippen LogP contribution in [0.4, 0.5) is 0 Å². The fraction of sp³-hybridized carbons (Fsp3) is 0.722. The summed E-state index contributed by atoms with van der Waals surface area (Å²) in [6, 6.07) is 4.26. The maximum absolute atomic E-state index is 12.9. The minimum Gasteiger partial charge on any atom is -0.299 e. The lowest BCUT2D eigenvalue weighted by Crippen LogP contribution is -2.54. The van der Waals surface area contributed by atoms with Gasteiger partial charge in [0.15, 0.2) is 0 Å². The molecule has 4 aliphatic carbocycles. The van der Waals surface area contributed by atoms with E-state index in [9.17, 15) is 4.79 Å². The average Bonchev–Trinajstić information content (AvgIpc) is 2.85. The van der Waals surface area contributed by atoms with Crippen molar-refractivity contribution in [3.63, 3.8) is 0 Å². The number of hydrogen-bond donors (Lipinski definition) is 0. The van der Waals surface area contributed by atoms with E-state index in [0.29, 0.717) is 11.2 Å². The first kappa shape index (κ1) is 13.1. The van der Waals surface area contributed by atoms with E-state index < -0.39 is 0 Å². The molecule has 0 N–H and O–H groups in total. The number of carbonyl (C=O) groups is 1. The van der Waals surface area contributed by atoms with E-state index in [0.717, 1.165) is 24.7 Å². The zero-order chi connectivity index (χ0) is 13.8. The van der Waals surface area contributed by atoms with Gasteiger partial charge in [0.1, 0.15) is 5.78 Å². The van der Waals surface area contributed by atoms with Gasteiger partial charge < -0.3 is 0 Å². The minimum absolute atomic E-state index is 0.0795. The van der Waals surface area contributed by atoms with Crippen molar-refractivity contribution in [2.24, 2.45) is 22.7 Å². The Labute approximate surface area is 125 Å². The van der Waals surface area contributed by atoms with Crippen LogP contribution in [0.25, 0.3) is 0 Å². The summed E-state index contributed by atoms with van der Waals surface area (Å²) in [6.07, 6.45) is 9.55. The normalized spacial score (nSPS) is 42.0. The van der Waals surface area contributed by atoms with Gasteiger partial charge in [-0.3, -0.25) is 4.79 Å². The third-order valence-corrected chi connectivity index (χ3v) is 7.06. The van der Waals surface area contributed by atoms with Crippen LogP contribution in [0.15, 0.2) is 17.5 Å². The first-order valence-corrected chi connectivity index (χ1v) is 9.01. The molecule has 1 aromatic heterocycles. The molecule has 4 saturated carbocycles. The summed E-state index contributed by atoms with van der Waals surface area (Å²) in [5.41, 5.74) is 0.568. The van der Waals surface area contributed by atoms with E-state index in [2.05, 4.69) is 24.4 Å². The molecule has 0 aromatic carbocycles. The molecule has 20 heavy (non-hydrogen) atoms. The van der Waals surface area contributed by atoms with Crippen LogP contribution in [0.1, 0.15) is 56.7 Å². The van der Waals surface area contributed by atoms with Gasteiger partial charge in [0, 0.05) is 16.7 Å². The predicted octanol–water partition coefficient (Wildman–Crippen LogP) is 4.86. The molecule has 0 radical (unpaired) electrons. The lowest BCUT2D eigenvalue weighted by molar-refractivity contribution is -0.152. The molecule has 5 rings (SSSR count). The standard InChI is InChI=1S/C18H24OS/c1-17-8-13-7-14(9-17)11-18(10-13,12-17)16(19)5-4-15-3-2-6-20-15/h2-3,6,13-14H,4-5,7-12H2,1H3. The molecule has 108 valence electrons. The van der Waals surface area contributed by atoms with Crippen molar-refractivity contribution in [3.8, 4) is 0 Å². The summed E-state index contributed by atoms with van der Waals surface area (Å²) in [4.78, 5) is 14.3. The lowest BCUT2D eigenvalue weighted by Gasteiger charge is -2.60. The van der Waals surface area contributed by atoms with Gasteiger partial charge in [-0.2, -0.15) is 0 Å². The zero-order valence-electron chi connectivity index (χ0n) is 12.4. The highest BCUT2D eigenvalue weighted by molar-refractivity contribution is 7.09. The van der Waals surface area contributed by atoms with Crippen molar-refractivity contribution in [1.82, 2.24) is 0 Å². The van der Waals surface area contributed by atoms with Crippen molar-refractivity contribution in [2.75, 3.05) is 0 Å². The van der Waals surface area contributed by atoms with E-state index in [1.165, 1.54) is 43.4 Å². The first-order chi connectivity index (χ1) is 9.57. The van der Waals surface area contributed by atoms with E-state index in [1.807, 2.05) is 0 Å². The maximum atomic E-state index is 12.9. The number of thiophene rings is 1. The molecule has 4 fully saturated rings. The lowest BCUT2D eigenvalue weighted by atomic mass is 9.43. The van der Waals surface area contributed by atoms with Crippen LogP contribution < -0.4 is 0 Å². The molecule has 0 saturated heterocycles. The summed E-state index contributed by atoms with van der Waals surface area (Å²) < 4.78 is 0. The highest BCUT2D eigenvalue weighted by Gasteiger charge is 2.58. The fourth-order valence-electron chi connectivity index (χ4n) is 6.00. The van der Waals surface area contributed by atoms with Gasteiger partial charge in [0.25, 0.3) is 0 Å². The largest absolute Gasteiger partial charge is 0.299 e. The molecule has 4 bridgehead atoms. The van der Waals surface area contributed by atoms with Crippen LogP contribution in [0.3, 0.4) is 0 Å². The topological polar surface area (TPSA) is 17.1 Å². The number of rotatable bonds is 4. The highest BCUT2D eigenvalue weighted by atomic mass is 32.1. The number of Topliss-reactive ketones (excluding diaryl/α,β-unsaturated/α-hetero) is 1. The summed E-state index contributed by atoms with van der Waals surface area (Å²) in [5, 5.41) is 2.12. The second kappa shape index (κ2) is 4.43. The van der Waals surface area contributed by atoms with Crippen LogP contribution in [0.2, 0.25) is 0 Å². The van der Waals surface area contributed by atoms with Crippen molar-refractivity contribution in [1.29, 1.82) is 0 Å². The molecule has 4 aliphatic rings. The van der Waals surface area contributed by atoms with Gasteiger partial charge in [-0.25, -0.2) is 0 Å². The highest BCUT2D eigenvalue weighted by Crippen LogP contribution is 2.65. The Kier molecular flexibility index (Phi) is 2.89. The minimum atomic E-state index is 0.0795. The summed E-state index contributed by atoms with van der Waals surface area (Å²) in [5.74, 6) is 2.30. The van der Waals surface area contributed by atoms with Gasteiger partial charge in [0.2, 0.25) is 0 Å². The van der Waals surface area contributed by atoms with E-state index >= 15 is 0 Å². The Morgan fingerprint density at radius 3 is 2.65 bits per heavy atom. The van der Waals surface area contributed by atoms with Gasteiger partial charge in [-0.1, -0.05) is 13.0 Å². The fourth-order valence-corrected chi connectivity index (χ4v) is 6.71. The van der Waals surface area contributed by atoms with Crippen molar-refractivity contribution >= 4 is 17.1 Å². The number of carbonyl (C=O) groups excluding carboxylic acids is 1. The molecule has 1 aromatic rings. The zero-order valence-corrected chi connectivity index (χ0v) is 13.2. The molecular formula is C18H24OS. The van der Waals surface area contributed by atoms with Crippen LogP contribution in [-0.4, -0.2) is 5.78 Å². The van der Waals surface area contributed by atoms with Crippen molar-refractivity contribution < 1.29 is 4.79 Å². The van der Waals surface area contributed by atoms with Crippen molar-refractivity contribution in [2.45, 2.75) is 58.3 Å². The second-order valence-electron chi connectivity index (χ2n) is 8.05. The Morgan fingerprint density at radius 2 is 2.05 bits per heavy atom. The SMILES string of the molecule is CC12CC3CC(C1)CC(C(=O)CCc1cccs1)(C3)C2. The smallest absolute Gasteiger partial charge is 0.139 e. The van der Waals surface area contributed by atoms with Crippen LogP contribution in [0.5, 0.6) is 0 Å². The quantitative estimate of drug-likeness (QED) is 0.773. The van der Waals surface area contributed by atoms with Crippen LogP contribution >= 0.6 is 11.3 Å². The number of ketones is 1. The maximum Gasteiger partial charge on any atom is 0.139 e. The van der Waals surface area contributed by atoms with Gasteiger partial charge >= 0.3 is 0 Å². The number of aryl methyl sites for hydroxylation is 1. The Morgan fingerprint density at radius 1 is 1.30 bits per heavy atom. The van der Waals surface area contributed by atoms with E-state index in [1.54, 1.807) is 11.3 Å². The second-order valence-corrected chi connectivity index (χ2v) is 9.09. The van der Waals surface area contributed by atoms with Crippen LogP contribution in [-0.2, 0) is 11.2 Å². The van der Waals surface area contributed by atoms with Gasteiger partial charge in [-0.05, 0) is 73.6 Å². The Balaban J connectivity index is 1.51. The van der Waals surface area contributed by atoms with E-state index in [4.69, 9.17) is 0 Å². The molecule has 0 amide bonds. The van der Waals surface area contributed by atoms with Crippen LogP contribution in [0, 0.1) is 22.7 Å². The monoisotopic (exact) mass is 288 g/mol. The Bertz CT molecular complexity index is 502. The molecule has 1 heterocycles. The molecule has 2 heteroatoms.